The van der Waals surface area contributed by atoms with Crippen LogP contribution < -0.4 is 0 Å². The van der Waals surface area contributed by atoms with Crippen LogP contribution in [0, 0.1) is 0 Å². The van der Waals surface area contributed by atoms with Crippen molar-refractivity contribution in [2.24, 2.45) is 0 Å². The molecule has 62 valence electrons. The van der Waals surface area contributed by atoms with Crippen LogP contribution in [-0.4, -0.2) is 12.6 Å². The quantitative estimate of drug-likeness (QED) is 0.353. The minimum Gasteiger partial charge on any atom is -0.463 e. The van der Waals surface area contributed by atoms with Gasteiger partial charge in [0.05, 0.1) is 6.61 Å². The molecule has 11 heavy (non-hydrogen) atoms. The van der Waals surface area contributed by atoms with Crippen LogP contribution >= 0.6 is 0 Å². The molecule has 0 spiro atoms. The zero-order valence-corrected chi connectivity index (χ0v) is 7.26. The predicted octanol–water partition coefficient (Wildman–Crippen LogP) is 2.07. The van der Waals surface area contributed by atoms with Gasteiger partial charge in [0.2, 0.25) is 0 Å². The molecule has 0 radical (unpaired) electrons. The third-order valence-corrected chi connectivity index (χ3v) is 1.06. The lowest BCUT2D eigenvalue weighted by molar-refractivity contribution is -0.137. The average molecular weight is 154 g/mol. The second kappa shape index (κ2) is 5.71. The van der Waals surface area contributed by atoms with Gasteiger partial charge in [0.1, 0.15) is 0 Å². The fourth-order valence-corrected chi connectivity index (χ4v) is 0.681. The molecule has 0 bridgehead atoms. The summed E-state index contributed by atoms with van der Waals surface area (Å²) in [5, 5.41) is 0. The van der Waals surface area contributed by atoms with Gasteiger partial charge in [0.25, 0.3) is 0 Å². The van der Waals surface area contributed by atoms with Crippen LogP contribution in [0.2, 0.25) is 0 Å². The van der Waals surface area contributed by atoms with Crippen LogP contribution in [0.4, 0.5) is 0 Å². The van der Waals surface area contributed by atoms with E-state index in [1.165, 1.54) is 6.08 Å². The number of hydrogen-bond acceptors (Lipinski definition) is 2. The fraction of sp³-hybridized carbons (Fsp3) is 0.444. The Morgan fingerprint density at radius 3 is 2.64 bits per heavy atom. The second-order valence-electron chi connectivity index (χ2n) is 2.14. The van der Waals surface area contributed by atoms with Gasteiger partial charge in [-0.05, 0) is 26.3 Å². The van der Waals surface area contributed by atoms with Gasteiger partial charge in [-0.2, -0.15) is 0 Å². The van der Waals surface area contributed by atoms with Crippen molar-refractivity contribution in [1.82, 2.24) is 0 Å². The number of hydrogen-bond donors (Lipinski definition) is 0. The van der Waals surface area contributed by atoms with Crippen molar-refractivity contribution >= 4 is 5.97 Å². The molecule has 0 aromatic carbocycles. The SMILES string of the molecule is C/C=C/C(C)=C/C(=O)OCC. The van der Waals surface area contributed by atoms with Gasteiger partial charge < -0.3 is 4.74 Å². The van der Waals surface area contributed by atoms with E-state index in [4.69, 9.17) is 4.74 Å². The molecule has 0 heterocycles. The van der Waals surface area contributed by atoms with E-state index in [9.17, 15) is 4.79 Å². The minimum atomic E-state index is -0.275. The third kappa shape index (κ3) is 5.40. The summed E-state index contributed by atoms with van der Waals surface area (Å²) < 4.78 is 4.71. The van der Waals surface area contributed by atoms with E-state index < -0.39 is 0 Å². The molecule has 0 aromatic rings. The number of carbonyl (C=O) groups excluding carboxylic acids is 1. The maximum absolute atomic E-state index is 10.8. The van der Waals surface area contributed by atoms with Gasteiger partial charge in [-0.3, -0.25) is 0 Å². The normalized spacial score (nSPS) is 12.1. The summed E-state index contributed by atoms with van der Waals surface area (Å²) in [4.78, 5) is 10.8. The smallest absolute Gasteiger partial charge is 0.330 e. The Morgan fingerprint density at radius 2 is 2.18 bits per heavy atom. The van der Waals surface area contributed by atoms with E-state index in [2.05, 4.69) is 0 Å². The van der Waals surface area contributed by atoms with Crippen LogP contribution in [-0.2, 0) is 9.53 Å². The van der Waals surface area contributed by atoms with Gasteiger partial charge in [0.15, 0.2) is 0 Å². The first-order valence-electron chi connectivity index (χ1n) is 3.68. The van der Waals surface area contributed by atoms with Crippen molar-refractivity contribution in [1.29, 1.82) is 0 Å². The molecule has 0 unspecified atom stereocenters. The largest absolute Gasteiger partial charge is 0.463 e. The molecule has 2 nitrogen and oxygen atoms in total. The average Bonchev–Trinajstić information content (AvgIpc) is 1.87. The number of allylic oxidation sites excluding steroid dienone is 3. The van der Waals surface area contributed by atoms with Gasteiger partial charge in [-0.1, -0.05) is 12.2 Å². The molecule has 0 aliphatic carbocycles. The van der Waals surface area contributed by atoms with Crippen molar-refractivity contribution < 1.29 is 9.53 Å². The summed E-state index contributed by atoms with van der Waals surface area (Å²) >= 11 is 0. The van der Waals surface area contributed by atoms with E-state index in [1.54, 1.807) is 6.92 Å². The summed E-state index contributed by atoms with van der Waals surface area (Å²) in [6.07, 6.45) is 5.21. The van der Waals surface area contributed by atoms with E-state index in [1.807, 2.05) is 26.0 Å². The lowest BCUT2D eigenvalue weighted by Crippen LogP contribution is -1.99. The van der Waals surface area contributed by atoms with Crippen molar-refractivity contribution in [3.63, 3.8) is 0 Å². The standard InChI is InChI=1S/C9H14O2/c1-4-6-8(3)7-9(10)11-5-2/h4,6-7H,5H2,1-3H3/b6-4+,8-7+. The van der Waals surface area contributed by atoms with E-state index >= 15 is 0 Å². The van der Waals surface area contributed by atoms with Gasteiger partial charge in [0, 0.05) is 6.08 Å². The monoisotopic (exact) mass is 154 g/mol. The maximum atomic E-state index is 10.8. The zero-order valence-electron chi connectivity index (χ0n) is 7.26. The topological polar surface area (TPSA) is 26.3 Å². The Hall–Kier alpha value is -1.05. The Morgan fingerprint density at radius 1 is 1.55 bits per heavy atom. The van der Waals surface area contributed by atoms with Gasteiger partial charge in [-0.25, -0.2) is 4.79 Å². The van der Waals surface area contributed by atoms with Gasteiger partial charge in [-0.15, -0.1) is 0 Å². The summed E-state index contributed by atoms with van der Waals surface area (Å²) in [6.45, 7) is 5.98. The van der Waals surface area contributed by atoms with E-state index in [0.29, 0.717) is 6.61 Å². The highest BCUT2D eigenvalue weighted by molar-refractivity contribution is 5.83. The molecule has 0 aromatic heterocycles. The minimum absolute atomic E-state index is 0.275. The fourth-order valence-electron chi connectivity index (χ4n) is 0.681. The molecule has 0 atom stereocenters. The molecule has 0 saturated heterocycles. The van der Waals surface area contributed by atoms with Crippen LogP contribution in [0.3, 0.4) is 0 Å². The van der Waals surface area contributed by atoms with E-state index in [0.717, 1.165) is 5.57 Å². The molecular formula is C9H14O2. The number of ether oxygens (including phenoxy) is 1. The van der Waals surface area contributed by atoms with Crippen LogP contribution in [0.5, 0.6) is 0 Å². The number of rotatable bonds is 3. The Bertz CT molecular complexity index is 178. The lowest BCUT2D eigenvalue weighted by atomic mass is 10.2. The maximum Gasteiger partial charge on any atom is 0.330 e. The first-order chi connectivity index (χ1) is 5.20. The van der Waals surface area contributed by atoms with Crippen molar-refractivity contribution in [3.05, 3.63) is 23.8 Å². The first kappa shape index (κ1) is 9.95. The van der Waals surface area contributed by atoms with Crippen LogP contribution in [0.15, 0.2) is 23.8 Å². The summed E-state index contributed by atoms with van der Waals surface area (Å²) in [7, 11) is 0. The summed E-state index contributed by atoms with van der Waals surface area (Å²) in [5.74, 6) is -0.275. The molecule has 2 heteroatoms. The molecule has 0 saturated carbocycles. The van der Waals surface area contributed by atoms with Crippen molar-refractivity contribution in [2.45, 2.75) is 20.8 Å². The molecular weight excluding hydrogens is 140 g/mol. The van der Waals surface area contributed by atoms with Crippen molar-refractivity contribution in [2.75, 3.05) is 6.61 Å². The van der Waals surface area contributed by atoms with Crippen LogP contribution in [0.1, 0.15) is 20.8 Å². The number of carbonyl (C=O) groups is 1. The van der Waals surface area contributed by atoms with Crippen LogP contribution in [0.25, 0.3) is 0 Å². The highest BCUT2D eigenvalue weighted by atomic mass is 16.5. The molecule has 0 amide bonds. The molecule has 0 aliphatic rings. The Kier molecular flexibility index (Phi) is 5.17. The molecule has 0 rings (SSSR count). The molecule has 0 N–H and O–H groups in total. The summed E-state index contributed by atoms with van der Waals surface area (Å²) in [6, 6.07) is 0. The predicted molar refractivity (Wildman–Crippen MR) is 45.2 cm³/mol. The second-order valence-corrected chi connectivity index (χ2v) is 2.14. The van der Waals surface area contributed by atoms with Gasteiger partial charge >= 0.3 is 5.97 Å². The number of esters is 1. The zero-order chi connectivity index (χ0) is 8.69. The Balaban J connectivity index is 3.96. The Labute approximate surface area is 67.6 Å². The first-order valence-corrected chi connectivity index (χ1v) is 3.68. The molecule has 0 fully saturated rings. The van der Waals surface area contributed by atoms with Crippen molar-refractivity contribution in [3.8, 4) is 0 Å². The molecule has 0 aliphatic heterocycles. The highest BCUT2D eigenvalue weighted by Crippen LogP contribution is 1.95. The highest BCUT2D eigenvalue weighted by Gasteiger charge is 1.93. The summed E-state index contributed by atoms with van der Waals surface area (Å²) in [5.41, 5.74) is 0.908. The lowest BCUT2D eigenvalue weighted by Gasteiger charge is -1.95. The third-order valence-electron chi connectivity index (χ3n) is 1.06. The van der Waals surface area contributed by atoms with E-state index in [-0.39, 0.29) is 5.97 Å².